The lowest BCUT2D eigenvalue weighted by Gasteiger charge is -2.34. The molecule has 0 atom stereocenters. The maximum atomic E-state index is 12.6. The number of ether oxygens (including phenoxy) is 2. The number of methoxy groups -OCH3 is 2. The topological polar surface area (TPSA) is 82.9 Å². The van der Waals surface area contributed by atoms with Gasteiger partial charge in [-0.1, -0.05) is 0 Å². The normalized spacial score (nSPS) is 14.1. The molecule has 0 spiro atoms. The molecule has 1 aromatic carbocycles. The average molecular weight is 317 g/mol. The van der Waals surface area contributed by atoms with Crippen LogP contribution < -0.4 is 9.47 Å². The van der Waals surface area contributed by atoms with Crippen molar-refractivity contribution < 1.29 is 19.1 Å². The molecule has 7 heteroatoms. The maximum absolute atomic E-state index is 12.6. The summed E-state index contributed by atoms with van der Waals surface area (Å²) in [4.78, 5) is 27.6. The van der Waals surface area contributed by atoms with Crippen LogP contribution in [0.1, 0.15) is 16.8 Å². The van der Waals surface area contributed by atoms with Crippen LogP contribution in [0.4, 0.5) is 0 Å². The van der Waals surface area contributed by atoms with E-state index in [1.807, 2.05) is 6.07 Å². The second-order valence-electron chi connectivity index (χ2n) is 5.11. The molecule has 2 rings (SSSR count). The summed E-state index contributed by atoms with van der Waals surface area (Å²) in [7, 11) is 3.06. The lowest BCUT2D eigenvalue weighted by molar-refractivity contribution is -0.131. The van der Waals surface area contributed by atoms with E-state index in [2.05, 4.69) is 0 Å². The molecule has 1 aromatic rings. The van der Waals surface area contributed by atoms with Gasteiger partial charge in [-0.2, -0.15) is 5.26 Å². The average Bonchev–Trinajstić information content (AvgIpc) is 2.60. The zero-order chi connectivity index (χ0) is 16.8. The summed E-state index contributed by atoms with van der Waals surface area (Å²) >= 11 is 0. The molecule has 1 saturated heterocycles. The number of piperazine rings is 1. The number of hydrogen-bond acceptors (Lipinski definition) is 5. The first-order chi connectivity index (χ1) is 11.1. The van der Waals surface area contributed by atoms with E-state index in [-0.39, 0.29) is 18.2 Å². The van der Waals surface area contributed by atoms with Gasteiger partial charge in [0.05, 0.1) is 20.3 Å². The van der Waals surface area contributed by atoms with Crippen LogP contribution in [0.2, 0.25) is 0 Å². The number of nitriles is 1. The van der Waals surface area contributed by atoms with Gasteiger partial charge in [-0.25, -0.2) is 0 Å². The molecule has 1 aliphatic rings. The lowest BCUT2D eigenvalue weighted by atomic mass is 10.1. The van der Waals surface area contributed by atoms with Crippen LogP contribution in [0.3, 0.4) is 0 Å². The van der Waals surface area contributed by atoms with Gasteiger partial charge in [-0.05, 0) is 12.1 Å². The summed E-state index contributed by atoms with van der Waals surface area (Å²) in [5, 5.41) is 8.57. The smallest absolute Gasteiger partial charge is 0.254 e. The van der Waals surface area contributed by atoms with E-state index in [1.165, 1.54) is 14.2 Å². The van der Waals surface area contributed by atoms with Gasteiger partial charge >= 0.3 is 0 Å². The Kier molecular flexibility index (Phi) is 5.41. The Labute approximate surface area is 135 Å². The first-order valence-electron chi connectivity index (χ1n) is 7.26. The molecule has 7 nitrogen and oxygen atoms in total. The molecule has 1 heterocycles. The van der Waals surface area contributed by atoms with Crippen molar-refractivity contribution in [2.45, 2.75) is 6.42 Å². The van der Waals surface area contributed by atoms with Crippen molar-refractivity contribution in [3.05, 3.63) is 23.8 Å². The largest absolute Gasteiger partial charge is 0.497 e. The third kappa shape index (κ3) is 3.92. The molecule has 0 saturated carbocycles. The standard InChI is InChI=1S/C16H19N3O4/c1-22-13-9-12(10-14(11-13)23-2)16(21)19-7-5-18(6-8-19)15(20)3-4-17/h9-11H,3,5-8H2,1-2H3. The van der Waals surface area contributed by atoms with Gasteiger partial charge in [-0.15, -0.1) is 0 Å². The highest BCUT2D eigenvalue weighted by Gasteiger charge is 2.25. The number of carbonyl (C=O) groups excluding carboxylic acids is 2. The Hall–Kier alpha value is -2.75. The van der Waals surface area contributed by atoms with Crippen LogP contribution in [0.5, 0.6) is 11.5 Å². The fourth-order valence-corrected chi connectivity index (χ4v) is 2.45. The second-order valence-corrected chi connectivity index (χ2v) is 5.11. The number of benzene rings is 1. The fraction of sp³-hybridized carbons (Fsp3) is 0.438. The van der Waals surface area contributed by atoms with E-state index in [4.69, 9.17) is 14.7 Å². The van der Waals surface area contributed by atoms with Gasteiger partial charge < -0.3 is 19.3 Å². The molecule has 0 aliphatic carbocycles. The van der Waals surface area contributed by atoms with Crippen molar-refractivity contribution in [3.63, 3.8) is 0 Å². The van der Waals surface area contributed by atoms with Gasteiger partial charge in [0.25, 0.3) is 5.91 Å². The fourth-order valence-electron chi connectivity index (χ4n) is 2.45. The highest BCUT2D eigenvalue weighted by molar-refractivity contribution is 5.95. The Balaban J connectivity index is 2.05. The number of hydrogen-bond donors (Lipinski definition) is 0. The SMILES string of the molecule is COc1cc(OC)cc(C(=O)N2CCN(C(=O)CC#N)CC2)c1. The molecule has 0 aromatic heterocycles. The Bertz CT molecular complexity index is 608. The van der Waals surface area contributed by atoms with Crippen molar-refractivity contribution in [2.24, 2.45) is 0 Å². The van der Waals surface area contributed by atoms with Crippen LogP contribution >= 0.6 is 0 Å². The number of rotatable bonds is 4. The van der Waals surface area contributed by atoms with Gasteiger partial charge in [0, 0.05) is 37.8 Å². The van der Waals surface area contributed by atoms with Crippen molar-refractivity contribution >= 4 is 11.8 Å². The molecule has 2 amide bonds. The maximum Gasteiger partial charge on any atom is 0.254 e. The minimum absolute atomic E-state index is 0.124. The Morgan fingerprint density at radius 3 is 2.04 bits per heavy atom. The van der Waals surface area contributed by atoms with Gasteiger partial charge in [0.1, 0.15) is 17.9 Å². The van der Waals surface area contributed by atoms with E-state index in [9.17, 15) is 9.59 Å². The summed E-state index contributed by atoms with van der Waals surface area (Å²) in [5.74, 6) is 0.781. The number of nitrogens with zero attached hydrogens (tertiary/aromatic N) is 3. The molecule has 23 heavy (non-hydrogen) atoms. The molecular formula is C16H19N3O4. The molecule has 122 valence electrons. The van der Waals surface area contributed by atoms with Crippen LogP contribution in [-0.4, -0.2) is 62.0 Å². The van der Waals surface area contributed by atoms with Gasteiger partial charge in [0.15, 0.2) is 0 Å². The molecule has 0 radical (unpaired) electrons. The third-order valence-corrected chi connectivity index (χ3v) is 3.75. The monoisotopic (exact) mass is 317 g/mol. The summed E-state index contributed by atoms with van der Waals surface area (Å²) in [6.45, 7) is 1.76. The van der Waals surface area contributed by atoms with Crippen LogP contribution in [-0.2, 0) is 4.79 Å². The quantitative estimate of drug-likeness (QED) is 0.824. The van der Waals surface area contributed by atoms with Crippen molar-refractivity contribution in [2.75, 3.05) is 40.4 Å². The van der Waals surface area contributed by atoms with E-state index in [0.29, 0.717) is 43.2 Å². The summed E-state index contributed by atoms with van der Waals surface area (Å²) < 4.78 is 10.4. The molecule has 0 N–H and O–H groups in total. The minimum atomic E-state index is -0.192. The second kappa shape index (κ2) is 7.49. The van der Waals surface area contributed by atoms with E-state index in [0.717, 1.165) is 0 Å². The Morgan fingerprint density at radius 1 is 1.04 bits per heavy atom. The summed E-state index contributed by atoms with van der Waals surface area (Å²) in [6.07, 6.45) is -0.124. The molecular weight excluding hydrogens is 298 g/mol. The molecule has 1 fully saturated rings. The predicted molar refractivity (Wildman–Crippen MR) is 82.3 cm³/mol. The van der Waals surface area contributed by atoms with Crippen LogP contribution in [0, 0.1) is 11.3 Å². The van der Waals surface area contributed by atoms with Crippen LogP contribution in [0.15, 0.2) is 18.2 Å². The third-order valence-electron chi connectivity index (χ3n) is 3.75. The summed E-state index contributed by atoms with van der Waals surface area (Å²) in [5.41, 5.74) is 0.484. The predicted octanol–water partition coefficient (Wildman–Crippen LogP) is 0.902. The first kappa shape index (κ1) is 16.6. The Morgan fingerprint density at radius 2 is 1.57 bits per heavy atom. The van der Waals surface area contributed by atoms with Crippen molar-refractivity contribution in [1.29, 1.82) is 5.26 Å². The number of carbonyl (C=O) groups is 2. The van der Waals surface area contributed by atoms with Gasteiger partial charge in [-0.3, -0.25) is 9.59 Å². The zero-order valence-corrected chi connectivity index (χ0v) is 13.2. The first-order valence-corrected chi connectivity index (χ1v) is 7.26. The van der Waals surface area contributed by atoms with Crippen molar-refractivity contribution in [1.82, 2.24) is 9.80 Å². The zero-order valence-electron chi connectivity index (χ0n) is 13.2. The molecule has 0 unspecified atom stereocenters. The van der Waals surface area contributed by atoms with Crippen LogP contribution in [0.25, 0.3) is 0 Å². The van der Waals surface area contributed by atoms with Crippen molar-refractivity contribution in [3.8, 4) is 17.6 Å². The molecule has 1 aliphatic heterocycles. The lowest BCUT2D eigenvalue weighted by Crippen LogP contribution is -2.50. The van der Waals surface area contributed by atoms with Gasteiger partial charge in [0.2, 0.25) is 5.91 Å². The van der Waals surface area contributed by atoms with E-state index >= 15 is 0 Å². The van der Waals surface area contributed by atoms with E-state index < -0.39 is 0 Å². The minimum Gasteiger partial charge on any atom is -0.497 e. The summed E-state index contributed by atoms with van der Waals surface area (Å²) in [6, 6.07) is 6.88. The highest BCUT2D eigenvalue weighted by atomic mass is 16.5. The number of amides is 2. The highest BCUT2D eigenvalue weighted by Crippen LogP contribution is 2.23. The van der Waals surface area contributed by atoms with E-state index in [1.54, 1.807) is 28.0 Å². The molecule has 0 bridgehead atoms.